The van der Waals surface area contributed by atoms with E-state index in [0.29, 0.717) is 5.13 Å². The van der Waals surface area contributed by atoms with Gasteiger partial charge in [0, 0.05) is 18.0 Å². The van der Waals surface area contributed by atoms with Gasteiger partial charge in [0.05, 0.1) is 11.8 Å². The predicted molar refractivity (Wildman–Crippen MR) is 104 cm³/mol. The molecule has 2 heterocycles. The number of amides is 3. The van der Waals surface area contributed by atoms with E-state index in [9.17, 15) is 14.4 Å². The molecule has 28 heavy (non-hydrogen) atoms. The third-order valence-corrected chi connectivity index (χ3v) is 6.74. The molecule has 0 unspecified atom stereocenters. The lowest BCUT2D eigenvalue weighted by Crippen LogP contribution is -2.49. The van der Waals surface area contributed by atoms with E-state index in [-0.39, 0.29) is 47.8 Å². The molecule has 2 fully saturated rings. The standard InChI is InChI=1S/C21H19N3O3S/c25-18(23-21-22-8-9-28-21)15(10-12-4-2-1-3-5-12)24-19(26)16-13-6-7-14(11-13)17(16)20(24)27/h1-9,13-17H,10-11H2,(H,22,23,25)/t13-,14-,15-,16+,17+/m0/s1. The number of allylic oxidation sites excluding steroid dienone is 2. The summed E-state index contributed by atoms with van der Waals surface area (Å²) in [6.07, 6.45) is 6.88. The molecular formula is C21H19N3O3S. The largest absolute Gasteiger partial charge is 0.300 e. The zero-order chi connectivity index (χ0) is 19.3. The van der Waals surface area contributed by atoms with E-state index in [1.807, 2.05) is 30.3 Å². The number of rotatable bonds is 5. The van der Waals surface area contributed by atoms with Gasteiger partial charge in [0.15, 0.2) is 5.13 Å². The molecule has 1 N–H and O–H groups in total. The Hall–Kier alpha value is -2.80. The van der Waals surface area contributed by atoms with Crippen molar-refractivity contribution in [1.29, 1.82) is 0 Å². The minimum atomic E-state index is -0.878. The van der Waals surface area contributed by atoms with Crippen LogP contribution >= 0.6 is 11.3 Å². The number of aromatic nitrogens is 1. The SMILES string of the molecule is O=C(Nc1nccs1)[C@H](Cc1ccccc1)N1C(=O)[C@H]2[C@H](C1=O)[C@H]1C=C[C@H]2C1. The topological polar surface area (TPSA) is 79.4 Å². The number of anilines is 1. The lowest BCUT2D eigenvalue weighted by Gasteiger charge is -2.26. The van der Waals surface area contributed by atoms with Crippen molar-refractivity contribution >= 4 is 34.2 Å². The maximum Gasteiger partial charge on any atom is 0.249 e. The van der Waals surface area contributed by atoms with Gasteiger partial charge < -0.3 is 5.32 Å². The number of hydrogen-bond donors (Lipinski definition) is 1. The number of nitrogens with zero attached hydrogens (tertiary/aromatic N) is 2. The number of likely N-dealkylation sites (tertiary alicyclic amines) is 1. The Morgan fingerprint density at radius 1 is 1.14 bits per heavy atom. The second-order valence-electron chi connectivity index (χ2n) is 7.58. The van der Waals surface area contributed by atoms with Crippen LogP contribution in [-0.2, 0) is 20.8 Å². The van der Waals surface area contributed by atoms with E-state index in [1.165, 1.54) is 16.2 Å². The molecule has 6 nitrogen and oxygen atoms in total. The third kappa shape index (κ3) is 2.69. The number of benzene rings is 1. The van der Waals surface area contributed by atoms with Crippen LogP contribution in [-0.4, -0.2) is 33.6 Å². The first-order valence-corrected chi connectivity index (χ1v) is 10.3. The second kappa shape index (κ2) is 6.67. The summed E-state index contributed by atoms with van der Waals surface area (Å²) in [4.78, 5) is 44.8. The molecule has 1 aromatic carbocycles. The van der Waals surface area contributed by atoms with Crippen molar-refractivity contribution in [1.82, 2.24) is 9.88 Å². The molecule has 0 radical (unpaired) electrons. The van der Waals surface area contributed by atoms with Crippen molar-refractivity contribution in [2.24, 2.45) is 23.7 Å². The zero-order valence-electron chi connectivity index (χ0n) is 15.0. The third-order valence-electron chi connectivity index (χ3n) is 6.05. The van der Waals surface area contributed by atoms with Crippen LogP contribution in [0.2, 0.25) is 0 Å². The summed E-state index contributed by atoms with van der Waals surface area (Å²) in [6, 6.07) is 8.60. The first kappa shape index (κ1) is 17.3. The molecule has 1 saturated carbocycles. The Bertz CT molecular complexity index is 927. The molecule has 0 spiro atoms. The highest BCUT2D eigenvalue weighted by atomic mass is 32.1. The van der Waals surface area contributed by atoms with E-state index in [2.05, 4.69) is 22.5 Å². The molecule has 1 saturated heterocycles. The summed E-state index contributed by atoms with van der Waals surface area (Å²) in [5.41, 5.74) is 0.903. The van der Waals surface area contributed by atoms with Crippen LogP contribution in [0.3, 0.4) is 0 Å². The summed E-state index contributed by atoms with van der Waals surface area (Å²) < 4.78 is 0. The molecule has 1 aliphatic heterocycles. The molecule has 3 aliphatic rings. The number of nitrogens with one attached hydrogen (secondary N) is 1. The van der Waals surface area contributed by atoms with E-state index in [1.54, 1.807) is 11.6 Å². The first-order valence-electron chi connectivity index (χ1n) is 9.43. The smallest absolute Gasteiger partial charge is 0.249 e. The average Bonchev–Trinajstić information content (AvgIpc) is 3.47. The molecule has 3 amide bonds. The van der Waals surface area contributed by atoms with E-state index >= 15 is 0 Å². The minimum Gasteiger partial charge on any atom is -0.300 e. The highest BCUT2D eigenvalue weighted by molar-refractivity contribution is 7.13. The van der Waals surface area contributed by atoms with E-state index < -0.39 is 6.04 Å². The summed E-state index contributed by atoms with van der Waals surface area (Å²) in [5.74, 6) is -1.17. The Morgan fingerprint density at radius 2 is 1.82 bits per heavy atom. The van der Waals surface area contributed by atoms with Crippen LogP contribution in [0.15, 0.2) is 54.1 Å². The fraction of sp³-hybridized carbons (Fsp3) is 0.333. The molecule has 7 heteroatoms. The monoisotopic (exact) mass is 393 g/mol. The van der Waals surface area contributed by atoms with Gasteiger partial charge in [-0.3, -0.25) is 19.3 Å². The molecule has 2 aliphatic carbocycles. The maximum atomic E-state index is 13.2. The summed E-state index contributed by atoms with van der Waals surface area (Å²) >= 11 is 1.31. The molecule has 5 atom stereocenters. The molecule has 1 aromatic heterocycles. The van der Waals surface area contributed by atoms with Gasteiger partial charge in [-0.25, -0.2) is 4.98 Å². The van der Waals surface area contributed by atoms with Crippen LogP contribution in [0.1, 0.15) is 12.0 Å². The molecule has 2 aromatic rings. The van der Waals surface area contributed by atoms with E-state index in [4.69, 9.17) is 0 Å². The Morgan fingerprint density at radius 3 is 2.43 bits per heavy atom. The second-order valence-corrected chi connectivity index (χ2v) is 8.47. The van der Waals surface area contributed by atoms with Crippen LogP contribution in [0, 0.1) is 23.7 Å². The number of imide groups is 1. The number of hydrogen-bond acceptors (Lipinski definition) is 5. The van der Waals surface area contributed by atoms with Crippen molar-refractivity contribution in [2.75, 3.05) is 5.32 Å². The average molecular weight is 393 g/mol. The van der Waals surface area contributed by atoms with Crippen molar-refractivity contribution in [3.05, 3.63) is 59.6 Å². The lowest BCUT2D eigenvalue weighted by molar-refractivity contribution is -0.147. The number of carbonyl (C=O) groups excluding carboxylic acids is 3. The summed E-state index contributed by atoms with van der Waals surface area (Å²) in [5, 5.41) is 5.00. The van der Waals surface area contributed by atoms with Gasteiger partial charge in [-0.1, -0.05) is 42.5 Å². The molecule has 142 valence electrons. The lowest BCUT2D eigenvalue weighted by atomic mass is 9.85. The first-order chi connectivity index (χ1) is 13.6. The number of thiazole rings is 1. The Balaban J connectivity index is 1.46. The minimum absolute atomic E-state index is 0.121. The quantitative estimate of drug-likeness (QED) is 0.625. The van der Waals surface area contributed by atoms with Crippen LogP contribution in [0.5, 0.6) is 0 Å². The van der Waals surface area contributed by atoms with Gasteiger partial charge in [0.2, 0.25) is 17.7 Å². The summed E-state index contributed by atoms with van der Waals surface area (Å²) in [6.45, 7) is 0. The van der Waals surface area contributed by atoms with Crippen LogP contribution in [0.4, 0.5) is 5.13 Å². The molecular weight excluding hydrogens is 374 g/mol. The zero-order valence-corrected chi connectivity index (χ0v) is 15.8. The fourth-order valence-corrected chi connectivity index (χ4v) is 5.38. The van der Waals surface area contributed by atoms with Gasteiger partial charge in [-0.15, -0.1) is 11.3 Å². The maximum absolute atomic E-state index is 13.2. The summed E-state index contributed by atoms with van der Waals surface area (Å²) in [7, 11) is 0. The van der Waals surface area contributed by atoms with Crippen LogP contribution in [0.25, 0.3) is 0 Å². The highest BCUT2D eigenvalue weighted by Gasteiger charge is 2.61. The van der Waals surface area contributed by atoms with E-state index in [0.717, 1.165) is 12.0 Å². The van der Waals surface area contributed by atoms with Gasteiger partial charge in [0.1, 0.15) is 6.04 Å². The Labute approximate surface area is 166 Å². The van der Waals surface area contributed by atoms with Crippen molar-refractivity contribution in [2.45, 2.75) is 18.9 Å². The number of fused-ring (bicyclic) bond motifs is 5. The fourth-order valence-electron chi connectivity index (χ4n) is 4.85. The van der Waals surface area contributed by atoms with Crippen molar-refractivity contribution in [3.63, 3.8) is 0 Å². The molecule has 5 rings (SSSR count). The highest BCUT2D eigenvalue weighted by Crippen LogP contribution is 2.53. The van der Waals surface area contributed by atoms with Crippen molar-refractivity contribution < 1.29 is 14.4 Å². The van der Waals surface area contributed by atoms with Crippen molar-refractivity contribution in [3.8, 4) is 0 Å². The normalized spacial score (nSPS) is 28.6. The Kier molecular flexibility index (Phi) is 4.12. The number of carbonyl (C=O) groups is 3. The van der Waals surface area contributed by atoms with Gasteiger partial charge in [-0.05, 0) is 23.8 Å². The van der Waals surface area contributed by atoms with Gasteiger partial charge >= 0.3 is 0 Å². The van der Waals surface area contributed by atoms with Gasteiger partial charge in [0.25, 0.3) is 0 Å². The van der Waals surface area contributed by atoms with Gasteiger partial charge in [-0.2, -0.15) is 0 Å². The molecule has 2 bridgehead atoms. The predicted octanol–water partition coefficient (Wildman–Crippen LogP) is 2.50. The van der Waals surface area contributed by atoms with Crippen LogP contribution < -0.4 is 5.32 Å².